The van der Waals surface area contributed by atoms with Gasteiger partial charge >= 0.3 is 0 Å². The number of hydrogen-bond acceptors (Lipinski definition) is 5. The Labute approximate surface area is 117 Å². The Morgan fingerprint density at radius 2 is 2.05 bits per heavy atom. The first kappa shape index (κ1) is 15.9. The van der Waals surface area contributed by atoms with Gasteiger partial charge in [-0.2, -0.15) is 0 Å². The van der Waals surface area contributed by atoms with Gasteiger partial charge in [-0.25, -0.2) is 0 Å². The molecule has 0 bridgehead atoms. The molecule has 0 aromatic heterocycles. The number of methoxy groups -OCH3 is 1. The van der Waals surface area contributed by atoms with E-state index in [1.807, 2.05) is 0 Å². The number of rotatable bonds is 7. The molecular formula is C13H19N3O4. The number of amides is 2. The molecule has 0 unspecified atom stereocenters. The van der Waals surface area contributed by atoms with Gasteiger partial charge in [-0.15, -0.1) is 0 Å². The van der Waals surface area contributed by atoms with Crippen LogP contribution < -0.4 is 21.1 Å². The van der Waals surface area contributed by atoms with Crippen LogP contribution in [0.2, 0.25) is 0 Å². The van der Waals surface area contributed by atoms with Crippen LogP contribution in [-0.4, -0.2) is 38.7 Å². The highest BCUT2D eigenvalue weighted by atomic mass is 16.5. The second-order valence-corrected chi connectivity index (χ2v) is 3.99. The lowest BCUT2D eigenvalue weighted by Crippen LogP contribution is -2.21. The molecule has 2 amide bonds. The standard InChI is InChI=1S/C13H19N3O4/c1-9(17)15-10-3-4-12(19-2)11(7-10)16-13(18)8-20-6-5-14/h3-4,7H,5-6,8,14H2,1-2H3,(H,15,17)(H,16,18). The molecule has 0 aliphatic carbocycles. The maximum atomic E-state index is 11.7. The lowest BCUT2D eigenvalue weighted by molar-refractivity contribution is -0.120. The van der Waals surface area contributed by atoms with Crippen molar-refractivity contribution in [3.05, 3.63) is 18.2 Å². The van der Waals surface area contributed by atoms with Gasteiger partial charge in [0.15, 0.2) is 0 Å². The van der Waals surface area contributed by atoms with Crippen molar-refractivity contribution in [2.45, 2.75) is 6.92 Å². The Bertz CT molecular complexity index is 477. The van der Waals surface area contributed by atoms with Gasteiger partial charge in [0.25, 0.3) is 0 Å². The quantitative estimate of drug-likeness (QED) is 0.634. The average molecular weight is 281 g/mol. The van der Waals surface area contributed by atoms with E-state index in [0.29, 0.717) is 30.3 Å². The maximum Gasteiger partial charge on any atom is 0.250 e. The number of hydrogen-bond donors (Lipinski definition) is 3. The van der Waals surface area contributed by atoms with Crippen LogP contribution in [0.5, 0.6) is 5.75 Å². The first-order chi connectivity index (χ1) is 9.56. The number of benzene rings is 1. The summed E-state index contributed by atoms with van der Waals surface area (Å²) in [5, 5.41) is 5.28. The monoisotopic (exact) mass is 281 g/mol. The van der Waals surface area contributed by atoms with Crippen LogP contribution in [0.15, 0.2) is 18.2 Å². The van der Waals surface area contributed by atoms with Crippen molar-refractivity contribution in [1.29, 1.82) is 0 Å². The Balaban J connectivity index is 2.74. The van der Waals surface area contributed by atoms with E-state index in [1.165, 1.54) is 14.0 Å². The molecule has 0 atom stereocenters. The van der Waals surface area contributed by atoms with E-state index < -0.39 is 0 Å². The van der Waals surface area contributed by atoms with E-state index in [1.54, 1.807) is 18.2 Å². The summed E-state index contributed by atoms with van der Waals surface area (Å²) >= 11 is 0. The molecule has 0 aliphatic rings. The van der Waals surface area contributed by atoms with Crippen molar-refractivity contribution in [1.82, 2.24) is 0 Å². The van der Waals surface area contributed by atoms with Gasteiger partial charge in [-0.05, 0) is 18.2 Å². The van der Waals surface area contributed by atoms with Crippen LogP contribution in [-0.2, 0) is 14.3 Å². The van der Waals surface area contributed by atoms with E-state index in [4.69, 9.17) is 15.2 Å². The number of carbonyl (C=O) groups is 2. The van der Waals surface area contributed by atoms with E-state index in [9.17, 15) is 9.59 Å². The van der Waals surface area contributed by atoms with Gasteiger partial charge < -0.3 is 25.8 Å². The SMILES string of the molecule is COc1ccc(NC(C)=O)cc1NC(=O)COCCN. The fourth-order valence-electron chi connectivity index (χ4n) is 1.52. The van der Waals surface area contributed by atoms with Crippen molar-refractivity contribution in [2.24, 2.45) is 5.73 Å². The third-order valence-electron chi connectivity index (χ3n) is 2.29. The molecule has 1 aromatic rings. The minimum Gasteiger partial charge on any atom is -0.495 e. The summed E-state index contributed by atoms with van der Waals surface area (Å²) in [6, 6.07) is 4.95. The molecular weight excluding hydrogens is 262 g/mol. The predicted molar refractivity (Wildman–Crippen MR) is 75.8 cm³/mol. The first-order valence-electron chi connectivity index (χ1n) is 6.10. The second-order valence-electron chi connectivity index (χ2n) is 3.99. The molecule has 0 saturated heterocycles. The average Bonchev–Trinajstić information content (AvgIpc) is 2.38. The first-order valence-corrected chi connectivity index (χ1v) is 6.10. The molecule has 0 fully saturated rings. The molecule has 1 rings (SSSR count). The lowest BCUT2D eigenvalue weighted by Gasteiger charge is -2.12. The molecule has 0 aliphatic heterocycles. The van der Waals surface area contributed by atoms with Crippen molar-refractivity contribution >= 4 is 23.2 Å². The fourth-order valence-corrected chi connectivity index (χ4v) is 1.52. The zero-order valence-electron chi connectivity index (χ0n) is 11.6. The van der Waals surface area contributed by atoms with Crippen LogP contribution in [0.25, 0.3) is 0 Å². The van der Waals surface area contributed by atoms with E-state index in [0.717, 1.165) is 0 Å². The molecule has 0 saturated carbocycles. The van der Waals surface area contributed by atoms with E-state index in [2.05, 4.69) is 10.6 Å². The minimum absolute atomic E-state index is 0.0925. The summed E-state index contributed by atoms with van der Waals surface area (Å²) in [5.41, 5.74) is 6.29. The maximum absolute atomic E-state index is 11.7. The Morgan fingerprint density at radius 1 is 1.30 bits per heavy atom. The fraction of sp³-hybridized carbons (Fsp3) is 0.385. The Morgan fingerprint density at radius 3 is 2.65 bits per heavy atom. The summed E-state index contributed by atoms with van der Waals surface area (Å²) in [6.07, 6.45) is 0. The lowest BCUT2D eigenvalue weighted by atomic mass is 10.2. The third-order valence-corrected chi connectivity index (χ3v) is 2.29. The minimum atomic E-state index is -0.322. The zero-order chi connectivity index (χ0) is 15.0. The largest absolute Gasteiger partial charge is 0.495 e. The highest BCUT2D eigenvalue weighted by molar-refractivity contribution is 5.95. The molecule has 110 valence electrons. The van der Waals surface area contributed by atoms with Crippen molar-refractivity contribution in [3.8, 4) is 5.75 Å². The smallest absolute Gasteiger partial charge is 0.250 e. The van der Waals surface area contributed by atoms with Gasteiger partial charge in [-0.3, -0.25) is 9.59 Å². The summed E-state index contributed by atoms with van der Waals surface area (Å²) < 4.78 is 10.2. The molecule has 0 radical (unpaired) electrons. The predicted octanol–water partition coefficient (Wildman–Crippen LogP) is 0.567. The topological polar surface area (TPSA) is 103 Å². The van der Waals surface area contributed by atoms with Crippen LogP contribution >= 0.6 is 0 Å². The van der Waals surface area contributed by atoms with Crippen LogP contribution in [0.4, 0.5) is 11.4 Å². The Kier molecular flexibility index (Phi) is 6.48. The normalized spacial score (nSPS) is 9.95. The third kappa shape index (κ3) is 5.25. The second kappa shape index (κ2) is 8.13. The molecule has 0 heterocycles. The van der Waals surface area contributed by atoms with Gasteiger partial charge in [0.1, 0.15) is 12.4 Å². The molecule has 4 N–H and O–H groups in total. The Hall–Kier alpha value is -2.12. The number of ether oxygens (including phenoxy) is 2. The molecule has 0 spiro atoms. The van der Waals surface area contributed by atoms with Gasteiger partial charge in [0, 0.05) is 19.2 Å². The molecule has 20 heavy (non-hydrogen) atoms. The highest BCUT2D eigenvalue weighted by Gasteiger charge is 2.09. The summed E-state index contributed by atoms with van der Waals surface area (Å²) in [6.45, 7) is 1.99. The highest BCUT2D eigenvalue weighted by Crippen LogP contribution is 2.27. The van der Waals surface area contributed by atoms with E-state index >= 15 is 0 Å². The number of nitrogens with two attached hydrogens (primary N) is 1. The van der Waals surface area contributed by atoms with Crippen molar-refractivity contribution in [2.75, 3.05) is 37.5 Å². The summed E-state index contributed by atoms with van der Waals surface area (Å²) in [4.78, 5) is 22.7. The number of nitrogens with one attached hydrogen (secondary N) is 2. The van der Waals surface area contributed by atoms with Crippen LogP contribution in [0.3, 0.4) is 0 Å². The van der Waals surface area contributed by atoms with Gasteiger partial charge in [0.2, 0.25) is 11.8 Å². The van der Waals surface area contributed by atoms with Crippen LogP contribution in [0, 0.1) is 0 Å². The molecule has 1 aromatic carbocycles. The number of carbonyl (C=O) groups excluding carboxylic acids is 2. The van der Waals surface area contributed by atoms with Crippen molar-refractivity contribution in [3.63, 3.8) is 0 Å². The molecule has 7 heteroatoms. The van der Waals surface area contributed by atoms with Crippen LogP contribution in [0.1, 0.15) is 6.92 Å². The van der Waals surface area contributed by atoms with Crippen molar-refractivity contribution < 1.29 is 19.1 Å². The summed E-state index contributed by atoms with van der Waals surface area (Å²) in [5.74, 6) is -0.0262. The summed E-state index contributed by atoms with van der Waals surface area (Å²) in [7, 11) is 1.49. The van der Waals surface area contributed by atoms with E-state index in [-0.39, 0.29) is 18.4 Å². The van der Waals surface area contributed by atoms with Gasteiger partial charge in [0.05, 0.1) is 19.4 Å². The number of anilines is 2. The zero-order valence-corrected chi connectivity index (χ0v) is 11.6. The van der Waals surface area contributed by atoms with Gasteiger partial charge in [-0.1, -0.05) is 0 Å². The molecule has 7 nitrogen and oxygen atoms in total.